The van der Waals surface area contributed by atoms with Crippen molar-refractivity contribution >= 4 is 5.91 Å². The smallest absolute Gasteiger partial charge is 0.220 e. The van der Waals surface area contributed by atoms with Crippen LogP contribution in [0.5, 0.6) is 5.75 Å². The Bertz CT molecular complexity index is 363. The van der Waals surface area contributed by atoms with Gasteiger partial charge in [-0.15, -0.1) is 0 Å². The Balaban J connectivity index is 2.09. The number of ether oxygens (including phenoxy) is 1. The highest BCUT2D eigenvalue weighted by atomic mass is 16.5. The van der Waals surface area contributed by atoms with E-state index in [1.165, 1.54) is 5.56 Å². The van der Waals surface area contributed by atoms with E-state index in [0.717, 1.165) is 31.6 Å². The van der Waals surface area contributed by atoms with E-state index >= 15 is 0 Å². The van der Waals surface area contributed by atoms with Crippen LogP contribution in [-0.2, 0) is 4.79 Å². The number of hydrogen-bond acceptors (Lipinski definition) is 2. The van der Waals surface area contributed by atoms with Crippen LogP contribution in [0.3, 0.4) is 0 Å². The molecule has 0 aliphatic heterocycles. The van der Waals surface area contributed by atoms with E-state index in [9.17, 15) is 4.79 Å². The van der Waals surface area contributed by atoms with Crippen molar-refractivity contribution < 1.29 is 9.53 Å². The van der Waals surface area contributed by atoms with Crippen LogP contribution >= 0.6 is 0 Å². The summed E-state index contributed by atoms with van der Waals surface area (Å²) in [7, 11) is 0. The quantitative estimate of drug-likeness (QED) is 0.719. The molecule has 3 heteroatoms. The molecule has 0 saturated carbocycles. The zero-order valence-corrected chi connectivity index (χ0v) is 11.4. The fraction of sp³-hybridized carbons (Fsp3) is 0.533. The lowest BCUT2D eigenvalue weighted by Crippen LogP contribution is -2.24. The van der Waals surface area contributed by atoms with Crippen LogP contribution in [0.1, 0.15) is 38.2 Å². The lowest BCUT2D eigenvalue weighted by atomic mass is 10.2. The first kappa shape index (κ1) is 14.6. The van der Waals surface area contributed by atoms with Gasteiger partial charge >= 0.3 is 0 Å². The van der Waals surface area contributed by atoms with Gasteiger partial charge in [-0.2, -0.15) is 0 Å². The average Bonchev–Trinajstić information content (AvgIpc) is 2.35. The molecular weight excluding hydrogens is 226 g/mol. The Kier molecular flexibility index (Phi) is 6.92. The Labute approximate surface area is 110 Å². The van der Waals surface area contributed by atoms with E-state index < -0.39 is 0 Å². The van der Waals surface area contributed by atoms with Gasteiger partial charge in [-0.3, -0.25) is 4.79 Å². The summed E-state index contributed by atoms with van der Waals surface area (Å²) in [6.45, 7) is 5.52. The predicted octanol–water partition coefficient (Wildman–Crippen LogP) is 3.07. The second-order valence-corrected chi connectivity index (χ2v) is 4.47. The first-order valence-corrected chi connectivity index (χ1v) is 6.68. The molecule has 1 aromatic rings. The van der Waals surface area contributed by atoms with Crippen molar-refractivity contribution in [1.82, 2.24) is 5.32 Å². The van der Waals surface area contributed by atoms with E-state index in [-0.39, 0.29) is 5.91 Å². The average molecular weight is 249 g/mol. The molecule has 0 heterocycles. The van der Waals surface area contributed by atoms with Crippen molar-refractivity contribution in [3.63, 3.8) is 0 Å². The minimum absolute atomic E-state index is 0.122. The molecule has 0 saturated heterocycles. The predicted molar refractivity (Wildman–Crippen MR) is 73.8 cm³/mol. The van der Waals surface area contributed by atoms with E-state index in [1.54, 1.807) is 0 Å². The summed E-state index contributed by atoms with van der Waals surface area (Å²) in [6.07, 6.45) is 3.45. The molecule has 0 fully saturated rings. The summed E-state index contributed by atoms with van der Waals surface area (Å²) in [5.74, 6) is 0.998. The molecule has 0 aromatic heterocycles. The molecule has 0 spiro atoms. The molecule has 0 unspecified atom stereocenters. The van der Waals surface area contributed by atoms with Crippen LogP contribution in [-0.4, -0.2) is 19.1 Å². The van der Waals surface area contributed by atoms with Gasteiger partial charge in [-0.1, -0.05) is 25.5 Å². The lowest BCUT2D eigenvalue weighted by Gasteiger charge is -2.07. The second-order valence-electron chi connectivity index (χ2n) is 4.47. The molecule has 3 nitrogen and oxygen atoms in total. The second kappa shape index (κ2) is 8.56. The molecule has 1 rings (SSSR count). The highest BCUT2D eigenvalue weighted by Crippen LogP contribution is 2.12. The first-order chi connectivity index (χ1) is 8.72. The monoisotopic (exact) mass is 249 g/mol. The van der Waals surface area contributed by atoms with Crippen LogP contribution in [0.25, 0.3) is 0 Å². The summed E-state index contributed by atoms with van der Waals surface area (Å²) in [4.78, 5) is 11.4. The van der Waals surface area contributed by atoms with Gasteiger partial charge in [0.1, 0.15) is 5.75 Å². The molecular formula is C15H23NO2. The summed E-state index contributed by atoms with van der Waals surface area (Å²) in [5, 5.41) is 2.90. The first-order valence-electron chi connectivity index (χ1n) is 6.68. The Morgan fingerprint density at radius 2 is 2.17 bits per heavy atom. The van der Waals surface area contributed by atoms with Crippen molar-refractivity contribution in [2.24, 2.45) is 0 Å². The van der Waals surface area contributed by atoms with E-state index in [1.807, 2.05) is 31.2 Å². The van der Waals surface area contributed by atoms with Crippen molar-refractivity contribution in [1.29, 1.82) is 0 Å². The molecule has 1 aromatic carbocycles. The molecule has 0 aliphatic carbocycles. The normalized spacial score (nSPS) is 10.1. The zero-order valence-electron chi connectivity index (χ0n) is 11.4. The maximum absolute atomic E-state index is 11.4. The van der Waals surface area contributed by atoms with Gasteiger partial charge in [-0.05, 0) is 37.5 Å². The van der Waals surface area contributed by atoms with Crippen molar-refractivity contribution in [2.45, 2.75) is 39.5 Å². The van der Waals surface area contributed by atoms with Gasteiger partial charge in [0.15, 0.2) is 0 Å². The zero-order chi connectivity index (χ0) is 13.2. The number of aryl methyl sites for hydroxylation is 1. The van der Waals surface area contributed by atoms with Crippen LogP contribution in [0.15, 0.2) is 24.3 Å². The van der Waals surface area contributed by atoms with Crippen molar-refractivity contribution in [3.05, 3.63) is 29.8 Å². The number of carbonyl (C=O) groups excluding carboxylic acids is 1. The molecule has 18 heavy (non-hydrogen) atoms. The highest BCUT2D eigenvalue weighted by molar-refractivity contribution is 5.75. The van der Waals surface area contributed by atoms with Crippen molar-refractivity contribution in [3.8, 4) is 5.75 Å². The maximum Gasteiger partial charge on any atom is 0.220 e. The molecule has 100 valence electrons. The number of nitrogens with one attached hydrogen (secondary N) is 1. The van der Waals surface area contributed by atoms with Gasteiger partial charge in [0, 0.05) is 13.0 Å². The van der Waals surface area contributed by atoms with E-state index in [2.05, 4.69) is 12.2 Å². The Hall–Kier alpha value is -1.51. The number of hydrogen-bond donors (Lipinski definition) is 1. The third-order valence-electron chi connectivity index (χ3n) is 2.66. The largest absolute Gasteiger partial charge is 0.494 e. The highest BCUT2D eigenvalue weighted by Gasteiger charge is 2.00. The molecule has 1 N–H and O–H groups in total. The maximum atomic E-state index is 11.4. The summed E-state index contributed by atoms with van der Waals surface area (Å²) in [6, 6.07) is 7.95. The summed E-state index contributed by atoms with van der Waals surface area (Å²) in [5.41, 5.74) is 1.19. The summed E-state index contributed by atoms with van der Waals surface area (Å²) < 4.78 is 5.58. The number of carbonyl (C=O) groups is 1. The summed E-state index contributed by atoms with van der Waals surface area (Å²) >= 11 is 0. The number of unbranched alkanes of at least 4 members (excludes halogenated alkanes) is 1. The van der Waals surface area contributed by atoms with E-state index in [4.69, 9.17) is 4.74 Å². The topological polar surface area (TPSA) is 38.3 Å². The van der Waals surface area contributed by atoms with E-state index in [0.29, 0.717) is 13.0 Å². The Morgan fingerprint density at radius 3 is 2.89 bits per heavy atom. The van der Waals surface area contributed by atoms with Gasteiger partial charge in [-0.25, -0.2) is 0 Å². The fourth-order valence-electron chi connectivity index (χ4n) is 1.62. The molecule has 1 amide bonds. The number of benzene rings is 1. The van der Waals surface area contributed by atoms with Crippen LogP contribution in [0.2, 0.25) is 0 Å². The number of amides is 1. The van der Waals surface area contributed by atoms with Gasteiger partial charge in [0.25, 0.3) is 0 Å². The lowest BCUT2D eigenvalue weighted by molar-refractivity contribution is -0.121. The standard InChI is InChI=1S/C15H23NO2/c1-3-4-10-16-15(17)9-6-11-18-14-8-5-7-13(2)12-14/h5,7-8,12H,3-4,6,9-11H2,1-2H3,(H,16,17). The van der Waals surface area contributed by atoms with Crippen molar-refractivity contribution in [2.75, 3.05) is 13.2 Å². The molecule has 0 atom stereocenters. The third kappa shape index (κ3) is 6.28. The van der Waals surface area contributed by atoms with Gasteiger partial charge in [0.05, 0.1) is 6.61 Å². The van der Waals surface area contributed by atoms with Crippen LogP contribution < -0.4 is 10.1 Å². The van der Waals surface area contributed by atoms with Gasteiger partial charge in [0.2, 0.25) is 5.91 Å². The van der Waals surface area contributed by atoms with Crippen LogP contribution in [0, 0.1) is 6.92 Å². The molecule has 0 radical (unpaired) electrons. The minimum Gasteiger partial charge on any atom is -0.494 e. The SMILES string of the molecule is CCCCNC(=O)CCCOc1cccc(C)c1. The minimum atomic E-state index is 0.122. The third-order valence-corrected chi connectivity index (χ3v) is 2.66. The molecule has 0 bridgehead atoms. The fourth-order valence-corrected chi connectivity index (χ4v) is 1.62. The van der Waals surface area contributed by atoms with Gasteiger partial charge < -0.3 is 10.1 Å². The van der Waals surface area contributed by atoms with Crippen LogP contribution in [0.4, 0.5) is 0 Å². The molecule has 0 aliphatic rings. The Morgan fingerprint density at radius 1 is 1.33 bits per heavy atom. The number of rotatable bonds is 8.